The predicted molar refractivity (Wildman–Crippen MR) is 194 cm³/mol. The quantitative estimate of drug-likeness (QED) is 0.0965. The predicted octanol–water partition coefficient (Wildman–Crippen LogP) is 3.51. The van der Waals surface area contributed by atoms with Gasteiger partial charge in [-0.1, -0.05) is 65.0 Å². The van der Waals surface area contributed by atoms with Gasteiger partial charge in [-0.3, -0.25) is 0 Å². The molecule has 0 aromatic heterocycles. The first-order chi connectivity index (χ1) is 24.6. The van der Waals surface area contributed by atoms with Crippen LogP contribution in [0.5, 0.6) is 0 Å². The second-order valence-corrected chi connectivity index (χ2v) is 13.7. The Hall–Kier alpha value is -1.30. The second kappa shape index (κ2) is 31.1. The van der Waals surface area contributed by atoms with Gasteiger partial charge in [0, 0.05) is 5.41 Å². The Balaban J connectivity index is 1.85. The minimum Gasteiger partial charge on any atom is -0.394 e. The molecule has 0 saturated carbocycles. The van der Waals surface area contributed by atoms with Crippen LogP contribution in [0.3, 0.4) is 0 Å². The summed E-state index contributed by atoms with van der Waals surface area (Å²) in [5, 5.41) is 20.5. The van der Waals surface area contributed by atoms with E-state index in [2.05, 4.69) is 34.6 Å². The second-order valence-electron chi connectivity index (χ2n) is 13.7. The van der Waals surface area contributed by atoms with Gasteiger partial charge < -0.3 is 62.3 Å². The molecule has 13 heteroatoms. The highest BCUT2D eigenvalue weighted by Gasteiger charge is 2.46. The molecule has 1 rings (SSSR count). The van der Waals surface area contributed by atoms with Crippen LogP contribution in [0.15, 0.2) is 30.3 Å². The summed E-state index contributed by atoms with van der Waals surface area (Å²) < 4.78 is 60.5. The van der Waals surface area contributed by atoms with Crippen LogP contribution in [0.1, 0.15) is 46.6 Å². The number of aliphatic hydroxyl groups is 2. The molecule has 0 spiro atoms. The Bertz CT molecular complexity index is 884. The lowest BCUT2D eigenvalue weighted by Crippen LogP contribution is -2.47. The van der Waals surface area contributed by atoms with Crippen molar-refractivity contribution in [3.8, 4) is 0 Å². The Morgan fingerprint density at radius 3 is 0.961 bits per heavy atom. The summed E-state index contributed by atoms with van der Waals surface area (Å²) in [6, 6.07) is 9.80. The van der Waals surface area contributed by atoms with Gasteiger partial charge in [-0.2, -0.15) is 0 Å². The number of rotatable bonds is 37. The van der Waals surface area contributed by atoms with Crippen molar-refractivity contribution in [2.45, 2.75) is 46.6 Å². The summed E-state index contributed by atoms with van der Waals surface area (Å²) in [6.07, 6.45) is 0.840. The first-order valence-electron chi connectivity index (χ1n) is 18.4. The molecule has 300 valence electrons. The molecule has 0 bridgehead atoms. The number of aliphatic hydroxyl groups excluding tert-OH is 1. The number of benzene rings is 1. The summed E-state index contributed by atoms with van der Waals surface area (Å²) in [5.74, 6) is 0. The maximum atomic E-state index is 11.9. The van der Waals surface area contributed by atoms with Gasteiger partial charge in [-0.25, -0.2) is 0 Å². The molecular formula is C38H70O13. The third kappa shape index (κ3) is 26.2. The minimum absolute atomic E-state index is 0.0223. The fraction of sp³-hybridized carbons (Fsp3) is 0.842. The molecule has 0 aliphatic carbocycles. The third-order valence-electron chi connectivity index (χ3n) is 7.61. The summed E-state index contributed by atoms with van der Waals surface area (Å²) >= 11 is 0. The summed E-state index contributed by atoms with van der Waals surface area (Å²) in [7, 11) is 0. The van der Waals surface area contributed by atoms with Crippen LogP contribution < -0.4 is 0 Å². The Kier molecular flexibility index (Phi) is 29.1. The normalized spacial score (nSPS) is 13.5. The van der Waals surface area contributed by atoms with E-state index in [1.54, 1.807) is 0 Å². The first-order valence-corrected chi connectivity index (χ1v) is 18.4. The van der Waals surface area contributed by atoms with Gasteiger partial charge in [0.1, 0.15) is 5.60 Å². The van der Waals surface area contributed by atoms with E-state index >= 15 is 0 Å². The topological polar surface area (TPSA) is 142 Å². The van der Waals surface area contributed by atoms with Crippen LogP contribution in [0.25, 0.3) is 0 Å². The van der Waals surface area contributed by atoms with Crippen molar-refractivity contribution in [2.75, 3.05) is 152 Å². The van der Waals surface area contributed by atoms with Crippen molar-refractivity contribution in [3.63, 3.8) is 0 Å². The van der Waals surface area contributed by atoms with E-state index in [4.69, 9.17) is 57.2 Å². The van der Waals surface area contributed by atoms with E-state index in [1.165, 1.54) is 0 Å². The monoisotopic (exact) mass is 734 g/mol. The molecule has 0 radical (unpaired) electrons. The molecule has 0 fully saturated rings. The molecular weight excluding hydrogens is 664 g/mol. The highest BCUT2D eigenvalue weighted by Crippen LogP contribution is 2.47. The van der Waals surface area contributed by atoms with Crippen molar-refractivity contribution < 1.29 is 62.3 Å². The van der Waals surface area contributed by atoms with Crippen molar-refractivity contribution in [2.24, 2.45) is 10.8 Å². The molecule has 0 heterocycles. The lowest BCUT2D eigenvalue weighted by atomic mass is 9.64. The summed E-state index contributed by atoms with van der Waals surface area (Å²) in [6.45, 7) is 21.0. The first kappa shape index (κ1) is 47.7. The molecule has 0 aliphatic rings. The van der Waals surface area contributed by atoms with E-state index in [0.717, 1.165) is 12.0 Å². The minimum atomic E-state index is -1.12. The van der Waals surface area contributed by atoms with E-state index in [-0.39, 0.29) is 18.6 Å². The number of ether oxygens (including phenoxy) is 11. The molecule has 1 aromatic carbocycles. The van der Waals surface area contributed by atoms with Crippen LogP contribution in [0, 0.1) is 10.8 Å². The number of hydrogen-bond donors (Lipinski definition) is 2. The van der Waals surface area contributed by atoms with Crippen LogP contribution in [0.2, 0.25) is 0 Å². The van der Waals surface area contributed by atoms with E-state index < -0.39 is 11.0 Å². The van der Waals surface area contributed by atoms with Gasteiger partial charge in [-0.05, 0) is 17.4 Å². The molecule has 2 N–H and O–H groups in total. The highest BCUT2D eigenvalue weighted by molar-refractivity contribution is 5.25. The van der Waals surface area contributed by atoms with Crippen molar-refractivity contribution in [3.05, 3.63) is 35.9 Å². The molecule has 0 aliphatic heterocycles. The lowest BCUT2D eigenvalue weighted by molar-refractivity contribution is -0.142. The molecule has 1 atom stereocenters. The summed E-state index contributed by atoms with van der Waals surface area (Å²) in [5.41, 5.74) is -0.589. The molecule has 51 heavy (non-hydrogen) atoms. The zero-order chi connectivity index (χ0) is 37.4. The molecule has 0 saturated heterocycles. The average molecular weight is 735 g/mol. The number of hydrogen-bond acceptors (Lipinski definition) is 13. The molecule has 1 unspecified atom stereocenters. The van der Waals surface area contributed by atoms with Gasteiger partial charge in [-0.15, -0.1) is 0 Å². The van der Waals surface area contributed by atoms with Crippen LogP contribution in [0.4, 0.5) is 0 Å². The average Bonchev–Trinajstić information content (AvgIpc) is 3.09. The van der Waals surface area contributed by atoms with E-state index in [1.807, 2.05) is 30.3 Å². The van der Waals surface area contributed by atoms with Gasteiger partial charge in [0.2, 0.25) is 0 Å². The van der Waals surface area contributed by atoms with Gasteiger partial charge in [0.15, 0.2) is 0 Å². The zero-order valence-electron chi connectivity index (χ0n) is 32.2. The van der Waals surface area contributed by atoms with Crippen molar-refractivity contribution in [1.82, 2.24) is 0 Å². The van der Waals surface area contributed by atoms with Crippen molar-refractivity contribution >= 4 is 0 Å². The largest absolute Gasteiger partial charge is 0.394 e. The van der Waals surface area contributed by atoms with Crippen LogP contribution in [-0.2, 0) is 57.7 Å². The lowest BCUT2D eigenvalue weighted by Gasteiger charge is -2.46. The fourth-order valence-corrected chi connectivity index (χ4v) is 5.34. The Morgan fingerprint density at radius 1 is 0.412 bits per heavy atom. The third-order valence-corrected chi connectivity index (χ3v) is 7.61. The standard InChI is InChI=1S/C38H70O13/c1-36(2,3)33-37(4,5)38(40,35-9-7-6-8-10-35)34-51-32-31-50-30-29-49-28-27-48-26-25-47-24-23-46-22-21-45-20-19-44-18-17-43-16-15-42-14-13-41-12-11-39/h6-10,39-40H,11-34H2,1-5H3. The Morgan fingerprint density at radius 2 is 0.686 bits per heavy atom. The van der Waals surface area contributed by atoms with Gasteiger partial charge in [0.25, 0.3) is 0 Å². The smallest absolute Gasteiger partial charge is 0.118 e. The SMILES string of the molecule is CC(C)(C)CC(C)(C)C(O)(COCCOCCOCCOCCOCCOCCOCCOCCOCCOCCOCCO)c1ccccc1. The van der Waals surface area contributed by atoms with Crippen LogP contribution >= 0.6 is 0 Å². The van der Waals surface area contributed by atoms with Gasteiger partial charge in [0.05, 0.1) is 152 Å². The molecule has 0 amide bonds. The maximum Gasteiger partial charge on any atom is 0.118 e. The van der Waals surface area contributed by atoms with Crippen LogP contribution in [-0.4, -0.2) is 162 Å². The Labute approximate surface area is 307 Å². The fourth-order valence-electron chi connectivity index (χ4n) is 5.34. The highest BCUT2D eigenvalue weighted by atomic mass is 16.6. The van der Waals surface area contributed by atoms with Gasteiger partial charge >= 0.3 is 0 Å². The summed E-state index contributed by atoms with van der Waals surface area (Å²) in [4.78, 5) is 0. The maximum absolute atomic E-state index is 11.9. The zero-order valence-corrected chi connectivity index (χ0v) is 32.2. The molecule has 1 aromatic rings. The molecule has 13 nitrogen and oxygen atoms in total. The van der Waals surface area contributed by atoms with E-state index in [9.17, 15) is 5.11 Å². The van der Waals surface area contributed by atoms with E-state index in [0.29, 0.717) is 139 Å². The van der Waals surface area contributed by atoms with Crippen molar-refractivity contribution in [1.29, 1.82) is 0 Å².